The number of hydrogen-bond acceptors (Lipinski definition) is 4. The molecule has 1 atom stereocenters. The van der Waals surface area contributed by atoms with Crippen LogP contribution >= 0.6 is 0 Å². The van der Waals surface area contributed by atoms with Crippen molar-refractivity contribution in [1.29, 1.82) is 0 Å². The van der Waals surface area contributed by atoms with Crippen LogP contribution in [0.3, 0.4) is 0 Å². The van der Waals surface area contributed by atoms with Gasteiger partial charge in [-0.1, -0.05) is 19.3 Å². The Kier molecular flexibility index (Phi) is 5.41. The summed E-state index contributed by atoms with van der Waals surface area (Å²) in [6.07, 6.45) is 4.28. The highest BCUT2D eigenvalue weighted by Crippen LogP contribution is 2.31. The third kappa shape index (κ3) is 4.07. The van der Waals surface area contributed by atoms with E-state index in [2.05, 4.69) is 5.32 Å². The zero-order valence-corrected chi connectivity index (χ0v) is 12.2. The van der Waals surface area contributed by atoms with Gasteiger partial charge in [-0.05, 0) is 12.8 Å². The second-order valence-corrected chi connectivity index (χ2v) is 5.95. The van der Waals surface area contributed by atoms with Crippen molar-refractivity contribution in [2.75, 3.05) is 26.4 Å². The number of urea groups is 1. The molecule has 2 rings (SSSR count). The SMILES string of the molecule is O=C(O)CC1(NC(=O)N2CCOCC2CO)CCCCC1. The van der Waals surface area contributed by atoms with Gasteiger partial charge in [-0.15, -0.1) is 0 Å². The molecular formula is C14H24N2O5. The van der Waals surface area contributed by atoms with Gasteiger partial charge in [-0.3, -0.25) is 4.79 Å². The van der Waals surface area contributed by atoms with Crippen molar-refractivity contribution in [3.05, 3.63) is 0 Å². The van der Waals surface area contributed by atoms with Crippen molar-refractivity contribution in [1.82, 2.24) is 10.2 Å². The Morgan fingerprint density at radius 1 is 1.29 bits per heavy atom. The number of hydrogen-bond donors (Lipinski definition) is 3. The minimum atomic E-state index is -0.891. The number of aliphatic hydroxyl groups excluding tert-OH is 1. The van der Waals surface area contributed by atoms with E-state index in [1.54, 1.807) is 4.90 Å². The van der Waals surface area contributed by atoms with Gasteiger partial charge < -0.3 is 25.2 Å². The second kappa shape index (κ2) is 7.09. The zero-order chi connectivity index (χ0) is 15.3. The van der Waals surface area contributed by atoms with Crippen molar-refractivity contribution in [2.24, 2.45) is 0 Å². The van der Waals surface area contributed by atoms with E-state index in [1.807, 2.05) is 0 Å². The number of nitrogens with one attached hydrogen (secondary N) is 1. The quantitative estimate of drug-likeness (QED) is 0.705. The van der Waals surface area contributed by atoms with Crippen molar-refractivity contribution in [3.63, 3.8) is 0 Å². The summed E-state index contributed by atoms with van der Waals surface area (Å²) >= 11 is 0. The summed E-state index contributed by atoms with van der Waals surface area (Å²) in [5, 5.41) is 21.4. The molecule has 0 aromatic carbocycles. The lowest BCUT2D eigenvalue weighted by molar-refractivity contribution is -0.139. The Bertz CT molecular complexity index is 382. The van der Waals surface area contributed by atoms with Crippen LogP contribution in [-0.2, 0) is 9.53 Å². The van der Waals surface area contributed by atoms with Gasteiger partial charge in [-0.2, -0.15) is 0 Å². The van der Waals surface area contributed by atoms with Gasteiger partial charge in [0.05, 0.1) is 37.8 Å². The molecule has 2 aliphatic rings. The fourth-order valence-electron chi connectivity index (χ4n) is 3.24. The summed E-state index contributed by atoms with van der Waals surface area (Å²) in [5.74, 6) is -0.891. The number of carboxylic acid groups (broad SMARTS) is 1. The van der Waals surface area contributed by atoms with E-state index < -0.39 is 11.5 Å². The average molecular weight is 300 g/mol. The van der Waals surface area contributed by atoms with Crippen molar-refractivity contribution < 1.29 is 24.5 Å². The molecule has 1 aliphatic heterocycles. The monoisotopic (exact) mass is 300 g/mol. The Morgan fingerprint density at radius 2 is 2.00 bits per heavy atom. The zero-order valence-electron chi connectivity index (χ0n) is 12.2. The number of aliphatic hydroxyl groups is 1. The first-order valence-corrected chi connectivity index (χ1v) is 7.55. The van der Waals surface area contributed by atoms with Crippen LogP contribution in [0, 0.1) is 0 Å². The van der Waals surface area contributed by atoms with Gasteiger partial charge in [0.25, 0.3) is 0 Å². The predicted octanol–water partition coefficient (Wildman–Crippen LogP) is 0.567. The first-order chi connectivity index (χ1) is 10.1. The fraction of sp³-hybridized carbons (Fsp3) is 0.857. The number of nitrogens with zero attached hydrogens (tertiary/aromatic N) is 1. The summed E-state index contributed by atoms with van der Waals surface area (Å²) < 4.78 is 5.26. The number of carboxylic acids is 1. The minimum absolute atomic E-state index is 0.0487. The van der Waals surface area contributed by atoms with Crippen LogP contribution in [0.4, 0.5) is 4.79 Å². The van der Waals surface area contributed by atoms with E-state index in [9.17, 15) is 14.7 Å². The van der Waals surface area contributed by atoms with E-state index >= 15 is 0 Å². The predicted molar refractivity (Wildman–Crippen MR) is 75.0 cm³/mol. The molecule has 1 aliphatic carbocycles. The normalized spacial score (nSPS) is 25.4. The lowest BCUT2D eigenvalue weighted by Crippen LogP contribution is -2.60. The molecular weight excluding hydrogens is 276 g/mol. The van der Waals surface area contributed by atoms with E-state index in [0.717, 1.165) is 19.3 Å². The number of morpholine rings is 1. The summed E-state index contributed by atoms with van der Waals surface area (Å²) in [6, 6.07) is -0.648. The first-order valence-electron chi connectivity index (χ1n) is 7.55. The number of ether oxygens (including phenoxy) is 1. The summed E-state index contributed by atoms with van der Waals surface area (Å²) in [4.78, 5) is 25.2. The van der Waals surface area contributed by atoms with Crippen molar-refractivity contribution >= 4 is 12.0 Å². The maximum atomic E-state index is 12.5. The largest absolute Gasteiger partial charge is 0.481 e. The summed E-state index contributed by atoms with van der Waals surface area (Å²) in [5.41, 5.74) is -0.653. The average Bonchev–Trinajstić information content (AvgIpc) is 2.47. The van der Waals surface area contributed by atoms with E-state index in [-0.39, 0.29) is 25.1 Å². The second-order valence-electron chi connectivity index (χ2n) is 5.95. The standard InChI is InChI=1S/C14H24N2O5/c17-9-11-10-21-7-6-16(11)13(20)15-14(8-12(18)19)4-2-1-3-5-14/h11,17H,1-10H2,(H,15,20)(H,18,19). The van der Waals surface area contributed by atoms with Crippen LogP contribution in [0.1, 0.15) is 38.5 Å². The molecule has 0 aromatic heterocycles. The van der Waals surface area contributed by atoms with E-state index in [0.29, 0.717) is 32.6 Å². The molecule has 0 spiro atoms. The Labute approximate surface area is 124 Å². The van der Waals surface area contributed by atoms with Crippen LogP contribution in [0.25, 0.3) is 0 Å². The number of carbonyl (C=O) groups excluding carboxylic acids is 1. The van der Waals surface area contributed by atoms with Gasteiger partial charge in [0.1, 0.15) is 0 Å². The molecule has 1 unspecified atom stereocenters. The van der Waals surface area contributed by atoms with Crippen LogP contribution < -0.4 is 5.32 Å². The molecule has 120 valence electrons. The maximum absolute atomic E-state index is 12.5. The van der Waals surface area contributed by atoms with Crippen LogP contribution in [0.15, 0.2) is 0 Å². The topological polar surface area (TPSA) is 99.1 Å². The molecule has 2 amide bonds. The van der Waals surface area contributed by atoms with E-state index in [1.165, 1.54) is 0 Å². The Hall–Kier alpha value is -1.34. The number of rotatable bonds is 4. The molecule has 3 N–H and O–H groups in total. The molecule has 7 nitrogen and oxygen atoms in total. The van der Waals surface area contributed by atoms with Crippen LogP contribution in [0.5, 0.6) is 0 Å². The minimum Gasteiger partial charge on any atom is -0.481 e. The Balaban J connectivity index is 2.04. The summed E-state index contributed by atoms with van der Waals surface area (Å²) in [6.45, 7) is 1.02. The lowest BCUT2D eigenvalue weighted by atomic mass is 9.79. The number of aliphatic carboxylic acids is 1. The molecule has 0 aromatic rings. The maximum Gasteiger partial charge on any atom is 0.318 e. The van der Waals surface area contributed by atoms with Gasteiger partial charge in [0.15, 0.2) is 0 Å². The van der Waals surface area contributed by atoms with Gasteiger partial charge >= 0.3 is 12.0 Å². The molecule has 1 heterocycles. The van der Waals surface area contributed by atoms with Gasteiger partial charge in [-0.25, -0.2) is 4.79 Å². The highest BCUT2D eigenvalue weighted by molar-refractivity contribution is 5.77. The molecule has 1 saturated heterocycles. The molecule has 7 heteroatoms. The van der Waals surface area contributed by atoms with Crippen LogP contribution in [-0.4, -0.2) is 65.1 Å². The molecule has 1 saturated carbocycles. The number of carbonyl (C=O) groups is 2. The van der Waals surface area contributed by atoms with Crippen molar-refractivity contribution in [2.45, 2.75) is 50.1 Å². The molecule has 2 fully saturated rings. The van der Waals surface area contributed by atoms with E-state index in [4.69, 9.17) is 9.84 Å². The summed E-state index contributed by atoms with van der Waals surface area (Å²) in [7, 11) is 0. The highest BCUT2D eigenvalue weighted by atomic mass is 16.5. The lowest BCUT2D eigenvalue weighted by Gasteiger charge is -2.41. The third-order valence-electron chi connectivity index (χ3n) is 4.37. The first kappa shape index (κ1) is 16.0. The highest BCUT2D eigenvalue weighted by Gasteiger charge is 2.38. The molecule has 21 heavy (non-hydrogen) atoms. The molecule has 0 radical (unpaired) electrons. The fourth-order valence-corrected chi connectivity index (χ4v) is 3.24. The van der Waals surface area contributed by atoms with Gasteiger partial charge in [0.2, 0.25) is 0 Å². The third-order valence-corrected chi connectivity index (χ3v) is 4.37. The van der Waals surface area contributed by atoms with Crippen LogP contribution in [0.2, 0.25) is 0 Å². The Morgan fingerprint density at radius 3 is 2.62 bits per heavy atom. The number of amides is 2. The van der Waals surface area contributed by atoms with Crippen molar-refractivity contribution in [3.8, 4) is 0 Å². The smallest absolute Gasteiger partial charge is 0.318 e. The van der Waals surface area contributed by atoms with Gasteiger partial charge in [0, 0.05) is 6.54 Å². The molecule has 0 bridgehead atoms.